The molecule has 2 aliphatic rings. The number of carbonyl (C=O) groups is 1. The van der Waals surface area contributed by atoms with Crippen LogP contribution in [0.1, 0.15) is 42.2 Å². The third-order valence-electron chi connectivity index (χ3n) is 5.48. The minimum Gasteiger partial charge on any atom is -0.342 e. The van der Waals surface area contributed by atoms with Crippen LogP contribution in [-0.4, -0.2) is 23.9 Å². The second kappa shape index (κ2) is 6.60. The lowest BCUT2D eigenvalue weighted by molar-refractivity contribution is -0.133. The molecule has 1 aliphatic heterocycles. The molecule has 0 radical (unpaired) electrons. The highest BCUT2D eigenvalue weighted by Crippen LogP contribution is 2.49. The molecule has 0 N–H and O–H groups in total. The molecule has 2 aromatic rings. The summed E-state index contributed by atoms with van der Waals surface area (Å²) in [6.45, 7) is 1.78. The predicted molar refractivity (Wildman–Crippen MR) is 97.3 cm³/mol. The Morgan fingerprint density at radius 1 is 0.917 bits per heavy atom. The summed E-state index contributed by atoms with van der Waals surface area (Å²) < 4.78 is 0. The van der Waals surface area contributed by atoms with Gasteiger partial charge >= 0.3 is 0 Å². The van der Waals surface area contributed by atoms with Gasteiger partial charge < -0.3 is 4.90 Å². The average Bonchev–Trinajstić information content (AvgIpc) is 3.43. The highest BCUT2D eigenvalue weighted by Gasteiger charge is 2.46. The van der Waals surface area contributed by atoms with Crippen LogP contribution in [0.25, 0.3) is 0 Å². The van der Waals surface area contributed by atoms with Crippen LogP contribution in [0.15, 0.2) is 54.6 Å². The molecular formula is C21H22ClNO. The Bertz CT molecular complexity index is 704. The summed E-state index contributed by atoms with van der Waals surface area (Å²) in [4.78, 5) is 14.8. The Morgan fingerprint density at radius 3 is 2.25 bits per heavy atom. The molecule has 2 fully saturated rings. The molecule has 1 amide bonds. The van der Waals surface area contributed by atoms with E-state index in [0.29, 0.717) is 17.7 Å². The lowest BCUT2D eigenvalue weighted by Gasteiger charge is -2.32. The van der Waals surface area contributed by atoms with Crippen molar-refractivity contribution in [2.24, 2.45) is 5.92 Å². The number of benzene rings is 2. The third kappa shape index (κ3) is 3.21. The molecule has 1 saturated carbocycles. The molecule has 24 heavy (non-hydrogen) atoms. The molecule has 4 rings (SSSR count). The highest BCUT2D eigenvalue weighted by atomic mass is 35.5. The molecule has 1 saturated heterocycles. The van der Waals surface area contributed by atoms with Crippen molar-refractivity contribution >= 4 is 17.5 Å². The monoisotopic (exact) mass is 339 g/mol. The summed E-state index contributed by atoms with van der Waals surface area (Å²) in [6.07, 6.45) is 3.14. The molecule has 1 aliphatic carbocycles. The van der Waals surface area contributed by atoms with Gasteiger partial charge in [-0.2, -0.15) is 0 Å². The fourth-order valence-corrected chi connectivity index (χ4v) is 4.07. The Balaban J connectivity index is 1.33. The minimum absolute atomic E-state index is 0.180. The normalized spacial score (nSPS) is 24.0. The summed E-state index contributed by atoms with van der Waals surface area (Å²) in [6, 6.07) is 18.6. The topological polar surface area (TPSA) is 20.3 Å². The van der Waals surface area contributed by atoms with E-state index in [2.05, 4.69) is 47.4 Å². The van der Waals surface area contributed by atoms with Crippen molar-refractivity contribution in [3.05, 3.63) is 70.7 Å². The van der Waals surface area contributed by atoms with Gasteiger partial charge in [-0.1, -0.05) is 54.1 Å². The molecule has 3 heteroatoms. The van der Waals surface area contributed by atoms with E-state index >= 15 is 0 Å². The van der Waals surface area contributed by atoms with Gasteiger partial charge in [0, 0.05) is 24.0 Å². The van der Waals surface area contributed by atoms with Crippen molar-refractivity contribution in [1.82, 2.24) is 4.90 Å². The molecule has 0 unspecified atom stereocenters. The second-order valence-corrected chi connectivity index (χ2v) is 7.45. The van der Waals surface area contributed by atoms with Crippen molar-refractivity contribution in [3.8, 4) is 0 Å². The van der Waals surface area contributed by atoms with Crippen LogP contribution in [0.5, 0.6) is 0 Å². The standard InChI is InChI=1S/C21H22ClNO/c22-18-8-6-17(7-9-18)19-14-20(19)21(24)23-12-10-16(11-13-23)15-4-2-1-3-5-15/h1-9,16,19-20H,10-14H2/t19-,20-/m0/s1. The maximum absolute atomic E-state index is 12.8. The maximum atomic E-state index is 12.8. The van der Waals surface area contributed by atoms with Crippen molar-refractivity contribution < 1.29 is 4.79 Å². The van der Waals surface area contributed by atoms with E-state index in [-0.39, 0.29) is 5.92 Å². The first-order chi connectivity index (χ1) is 11.7. The predicted octanol–water partition coefficient (Wildman–Crippen LogP) is 4.85. The zero-order chi connectivity index (χ0) is 16.5. The molecule has 124 valence electrons. The van der Waals surface area contributed by atoms with Crippen LogP contribution in [0, 0.1) is 5.92 Å². The van der Waals surface area contributed by atoms with Crippen molar-refractivity contribution in [3.63, 3.8) is 0 Å². The Morgan fingerprint density at radius 2 is 1.58 bits per heavy atom. The number of amides is 1. The number of halogens is 1. The van der Waals surface area contributed by atoms with E-state index in [1.165, 1.54) is 11.1 Å². The van der Waals surface area contributed by atoms with Gasteiger partial charge in [0.05, 0.1) is 0 Å². The third-order valence-corrected chi connectivity index (χ3v) is 5.74. The Hall–Kier alpha value is -1.80. The average molecular weight is 340 g/mol. The van der Waals surface area contributed by atoms with E-state index in [1.807, 2.05) is 12.1 Å². The van der Waals surface area contributed by atoms with Gasteiger partial charge in [-0.3, -0.25) is 4.79 Å². The second-order valence-electron chi connectivity index (χ2n) is 7.01. The fourth-order valence-electron chi connectivity index (χ4n) is 3.94. The zero-order valence-corrected chi connectivity index (χ0v) is 14.5. The molecule has 2 nitrogen and oxygen atoms in total. The molecule has 0 spiro atoms. The first-order valence-electron chi connectivity index (χ1n) is 8.81. The molecule has 0 bridgehead atoms. The number of nitrogens with zero attached hydrogens (tertiary/aromatic N) is 1. The number of rotatable bonds is 3. The van der Waals surface area contributed by atoms with Gasteiger partial charge in [0.2, 0.25) is 5.91 Å². The molecule has 0 aromatic heterocycles. The van der Waals surface area contributed by atoms with Crippen molar-refractivity contribution in [1.29, 1.82) is 0 Å². The van der Waals surface area contributed by atoms with Crippen LogP contribution in [0.3, 0.4) is 0 Å². The van der Waals surface area contributed by atoms with Gasteiger partial charge in [-0.25, -0.2) is 0 Å². The van der Waals surface area contributed by atoms with E-state index < -0.39 is 0 Å². The first kappa shape index (κ1) is 15.7. The summed E-state index contributed by atoms with van der Waals surface area (Å²) in [7, 11) is 0. The van der Waals surface area contributed by atoms with E-state index in [9.17, 15) is 4.79 Å². The molecule has 2 atom stereocenters. The van der Waals surface area contributed by atoms with Gasteiger partial charge in [-0.15, -0.1) is 0 Å². The lowest BCUT2D eigenvalue weighted by atomic mass is 9.89. The first-order valence-corrected chi connectivity index (χ1v) is 9.19. The summed E-state index contributed by atoms with van der Waals surface area (Å²) in [5.41, 5.74) is 2.66. The largest absolute Gasteiger partial charge is 0.342 e. The fraction of sp³-hybridized carbons (Fsp3) is 0.381. The van der Waals surface area contributed by atoms with Crippen molar-refractivity contribution in [2.75, 3.05) is 13.1 Å². The van der Waals surface area contributed by atoms with Crippen LogP contribution in [-0.2, 0) is 4.79 Å². The lowest BCUT2D eigenvalue weighted by Crippen LogP contribution is -2.39. The summed E-state index contributed by atoms with van der Waals surface area (Å²) in [5.74, 6) is 1.52. The van der Waals surface area contributed by atoms with Crippen molar-refractivity contribution in [2.45, 2.75) is 31.1 Å². The number of hydrogen-bond acceptors (Lipinski definition) is 1. The van der Waals surface area contributed by atoms with Crippen LogP contribution >= 0.6 is 11.6 Å². The number of hydrogen-bond donors (Lipinski definition) is 0. The molecule has 1 heterocycles. The van der Waals surface area contributed by atoms with Crippen LogP contribution in [0.2, 0.25) is 5.02 Å². The van der Waals surface area contributed by atoms with Gasteiger partial charge in [-0.05, 0) is 54.4 Å². The van der Waals surface area contributed by atoms with E-state index in [1.54, 1.807) is 0 Å². The maximum Gasteiger partial charge on any atom is 0.226 e. The minimum atomic E-state index is 0.180. The van der Waals surface area contributed by atoms with Crippen LogP contribution < -0.4 is 0 Å². The summed E-state index contributed by atoms with van der Waals surface area (Å²) in [5, 5.41) is 0.755. The quantitative estimate of drug-likeness (QED) is 0.782. The number of carbonyl (C=O) groups excluding carboxylic acids is 1. The Labute approximate surface area is 148 Å². The molecular weight excluding hydrogens is 318 g/mol. The van der Waals surface area contributed by atoms with Gasteiger partial charge in [0.15, 0.2) is 0 Å². The summed E-state index contributed by atoms with van der Waals surface area (Å²) >= 11 is 5.95. The SMILES string of the molecule is O=C([C@H]1C[C@H]1c1ccc(Cl)cc1)N1CCC(c2ccccc2)CC1. The van der Waals surface area contributed by atoms with Gasteiger partial charge in [0.1, 0.15) is 0 Å². The van der Waals surface area contributed by atoms with E-state index in [0.717, 1.165) is 37.4 Å². The van der Waals surface area contributed by atoms with E-state index in [4.69, 9.17) is 11.6 Å². The zero-order valence-electron chi connectivity index (χ0n) is 13.7. The smallest absolute Gasteiger partial charge is 0.226 e. The Kier molecular flexibility index (Phi) is 4.32. The van der Waals surface area contributed by atoms with Gasteiger partial charge in [0.25, 0.3) is 0 Å². The van der Waals surface area contributed by atoms with Crippen LogP contribution in [0.4, 0.5) is 0 Å². The highest BCUT2D eigenvalue weighted by molar-refractivity contribution is 6.30. The number of piperidine rings is 1. The number of likely N-dealkylation sites (tertiary alicyclic amines) is 1. The molecule has 2 aromatic carbocycles.